The number of phenols is 1. The topological polar surface area (TPSA) is 49.8 Å². The molecule has 1 saturated heterocycles. The molecule has 2 heterocycles. The van der Waals surface area contributed by atoms with Crippen molar-refractivity contribution in [2.45, 2.75) is 30.8 Å². The number of methoxy groups -OCH3 is 1. The summed E-state index contributed by atoms with van der Waals surface area (Å²) in [5, 5.41) is 10.7. The van der Waals surface area contributed by atoms with Gasteiger partial charge in [0.15, 0.2) is 17.3 Å². The summed E-state index contributed by atoms with van der Waals surface area (Å²) in [7, 11) is 1.56. The second kappa shape index (κ2) is 4.34. The highest BCUT2D eigenvalue weighted by Gasteiger charge is 2.54. The fourth-order valence-corrected chi connectivity index (χ4v) is 4.75. The van der Waals surface area contributed by atoms with Gasteiger partial charge in [0.25, 0.3) is 0 Å². The number of hydrogen-bond donors (Lipinski definition) is 1. The van der Waals surface area contributed by atoms with Gasteiger partial charge in [-0.3, -0.25) is 9.69 Å². The molecule has 1 aliphatic carbocycles. The molecule has 0 saturated carbocycles. The summed E-state index contributed by atoms with van der Waals surface area (Å²) >= 11 is 3.61. The minimum atomic E-state index is -0.261. The predicted molar refractivity (Wildman–Crippen MR) is 81.6 cm³/mol. The molecule has 4 rings (SSSR count). The number of ketones is 1. The Kier molecular flexibility index (Phi) is 2.75. The van der Waals surface area contributed by atoms with Crippen molar-refractivity contribution < 1.29 is 14.6 Å². The Morgan fingerprint density at radius 3 is 3.10 bits per heavy atom. The molecule has 3 atom stereocenters. The van der Waals surface area contributed by atoms with Gasteiger partial charge in [-0.15, -0.1) is 0 Å². The fourth-order valence-electron chi connectivity index (χ4n) is 4.22. The molecule has 21 heavy (non-hydrogen) atoms. The van der Waals surface area contributed by atoms with E-state index in [4.69, 9.17) is 4.74 Å². The van der Waals surface area contributed by atoms with Crippen LogP contribution >= 0.6 is 15.9 Å². The van der Waals surface area contributed by atoms with Gasteiger partial charge >= 0.3 is 0 Å². The van der Waals surface area contributed by atoms with Gasteiger partial charge in [-0.1, -0.05) is 22.0 Å². The second-order valence-electron chi connectivity index (χ2n) is 6.04. The molecule has 2 bridgehead atoms. The summed E-state index contributed by atoms with van der Waals surface area (Å²) in [6, 6.07) is 1.98. The average molecular weight is 350 g/mol. The van der Waals surface area contributed by atoms with Gasteiger partial charge in [-0.2, -0.15) is 0 Å². The van der Waals surface area contributed by atoms with E-state index in [0.717, 1.165) is 35.1 Å². The molecule has 1 N–H and O–H groups in total. The number of allylic oxidation sites excluding steroid dienone is 1. The molecule has 1 fully saturated rings. The van der Waals surface area contributed by atoms with Crippen molar-refractivity contribution in [1.29, 1.82) is 0 Å². The third kappa shape index (κ3) is 1.62. The van der Waals surface area contributed by atoms with E-state index in [1.54, 1.807) is 13.2 Å². The summed E-state index contributed by atoms with van der Waals surface area (Å²) in [6.45, 7) is 1.71. The molecule has 0 amide bonds. The van der Waals surface area contributed by atoms with Crippen molar-refractivity contribution in [3.05, 3.63) is 33.8 Å². The van der Waals surface area contributed by atoms with Crippen LogP contribution in [0.1, 0.15) is 24.0 Å². The molecule has 1 unspecified atom stereocenters. The quantitative estimate of drug-likeness (QED) is 0.846. The van der Waals surface area contributed by atoms with Gasteiger partial charge in [-0.05, 0) is 24.1 Å². The summed E-state index contributed by atoms with van der Waals surface area (Å²) in [6.07, 6.45) is 5.15. The van der Waals surface area contributed by atoms with Crippen LogP contribution in [0.25, 0.3) is 0 Å². The van der Waals surface area contributed by atoms with Crippen LogP contribution in [0.2, 0.25) is 0 Å². The summed E-state index contributed by atoms with van der Waals surface area (Å²) in [4.78, 5) is 14.2. The summed E-state index contributed by atoms with van der Waals surface area (Å²) in [5.41, 5.74) is 1.79. The van der Waals surface area contributed by atoms with Crippen molar-refractivity contribution >= 4 is 21.7 Å². The lowest BCUT2D eigenvalue weighted by Crippen LogP contribution is -2.48. The second-order valence-corrected chi connectivity index (χ2v) is 6.90. The Balaban J connectivity index is 2.03. The van der Waals surface area contributed by atoms with Gasteiger partial charge in [0.2, 0.25) is 0 Å². The molecule has 3 aliphatic rings. The van der Waals surface area contributed by atoms with Gasteiger partial charge in [0.1, 0.15) is 0 Å². The highest BCUT2D eigenvalue weighted by molar-refractivity contribution is 9.10. The number of phenolic OH excluding ortho intramolecular Hbond substituents is 1. The Labute approximate surface area is 131 Å². The van der Waals surface area contributed by atoms with E-state index in [9.17, 15) is 9.90 Å². The lowest BCUT2D eigenvalue weighted by molar-refractivity contribution is -0.116. The van der Waals surface area contributed by atoms with Crippen LogP contribution in [0.15, 0.2) is 22.7 Å². The third-order valence-corrected chi connectivity index (χ3v) is 5.88. The van der Waals surface area contributed by atoms with E-state index >= 15 is 0 Å². The van der Waals surface area contributed by atoms with E-state index in [2.05, 4.69) is 20.8 Å². The normalized spacial score (nSPS) is 32.8. The first-order chi connectivity index (χ1) is 10.1. The SMILES string of the molecule is COc1cc(Br)c2c(c1O)[C@]13C=CC(=O)C[C@@H]1N(CC3)C2. The van der Waals surface area contributed by atoms with Gasteiger partial charge < -0.3 is 9.84 Å². The lowest BCUT2D eigenvalue weighted by Gasteiger charge is -2.44. The Hall–Kier alpha value is -1.33. The van der Waals surface area contributed by atoms with E-state index in [-0.39, 0.29) is 23.0 Å². The van der Waals surface area contributed by atoms with Crippen molar-refractivity contribution in [1.82, 2.24) is 4.90 Å². The minimum absolute atomic E-state index is 0.160. The van der Waals surface area contributed by atoms with Crippen molar-refractivity contribution in [3.63, 3.8) is 0 Å². The standard InChI is InChI=1S/C16H16BrNO3/c1-21-12-7-11(17)10-8-18-5-4-16(14(10)15(12)20)3-2-9(19)6-13(16)18/h2-3,7,13,20H,4-6,8H2,1H3/t13-,16-/m0/s1. The lowest BCUT2D eigenvalue weighted by atomic mass is 9.66. The summed E-state index contributed by atoms with van der Waals surface area (Å²) < 4.78 is 6.27. The van der Waals surface area contributed by atoms with Crippen LogP contribution in [-0.4, -0.2) is 35.5 Å². The molecule has 4 nitrogen and oxygen atoms in total. The van der Waals surface area contributed by atoms with Crippen LogP contribution in [0, 0.1) is 0 Å². The number of halogens is 1. The number of hydrogen-bond acceptors (Lipinski definition) is 4. The van der Waals surface area contributed by atoms with Crippen LogP contribution in [-0.2, 0) is 16.8 Å². The van der Waals surface area contributed by atoms with Crippen molar-refractivity contribution in [2.75, 3.05) is 13.7 Å². The molecule has 5 heteroatoms. The number of carbonyl (C=O) groups excluding carboxylic acids is 1. The van der Waals surface area contributed by atoms with Gasteiger partial charge in [0, 0.05) is 41.0 Å². The van der Waals surface area contributed by atoms with Crippen LogP contribution < -0.4 is 4.74 Å². The van der Waals surface area contributed by atoms with Crippen LogP contribution in [0.3, 0.4) is 0 Å². The maximum atomic E-state index is 11.8. The largest absolute Gasteiger partial charge is 0.504 e. The van der Waals surface area contributed by atoms with E-state index in [0.29, 0.717) is 12.2 Å². The number of ether oxygens (including phenoxy) is 1. The molecule has 0 spiro atoms. The predicted octanol–water partition coefficient (Wildman–Crippen LogP) is 2.52. The Bertz CT molecular complexity index is 685. The van der Waals surface area contributed by atoms with E-state index < -0.39 is 0 Å². The molecular weight excluding hydrogens is 334 g/mol. The fraction of sp³-hybridized carbons (Fsp3) is 0.438. The highest BCUT2D eigenvalue weighted by atomic mass is 79.9. The molecule has 0 radical (unpaired) electrons. The first-order valence-electron chi connectivity index (χ1n) is 7.12. The molecule has 1 aromatic carbocycles. The van der Waals surface area contributed by atoms with Crippen LogP contribution in [0.5, 0.6) is 11.5 Å². The van der Waals surface area contributed by atoms with E-state index in [1.807, 2.05) is 12.1 Å². The minimum Gasteiger partial charge on any atom is -0.504 e. The number of fused-ring (bicyclic) bond motifs is 1. The van der Waals surface area contributed by atoms with Gasteiger partial charge in [-0.25, -0.2) is 0 Å². The highest BCUT2D eigenvalue weighted by Crippen LogP contribution is 2.56. The zero-order valence-electron chi connectivity index (χ0n) is 11.7. The maximum Gasteiger partial charge on any atom is 0.162 e. The Morgan fingerprint density at radius 1 is 1.52 bits per heavy atom. The first kappa shape index (κ1) is 13.3. The number of carbonyl (C=O) groups is 1. The molecular formula is C16H16BrNO3. The molecule has 0 aromatic heterocycles. The number of nitrogens with zero attached hydrogens (tertiary/aromatic N) is 1. The molecule has 1 aromatic rings. The first-order valence-corrected chi connectivity index (χ1v) is 7.91. The smallest absolute Gasteiger partial charge is 0.162 e. The number of aromatic hydroxyl groups is 1. The Morgan fingerprint density at radius 2 is 2.33 bits per heavy atom. The molecule has 110 valence electrons. The molecule has 2 aliphatic heterocycles. The average Bonchev–Trinajstić information content (AvgIpc) is 2.72. The van der Waals surface area contributed by atoms with Gasteiger partial charge in [0.05, 0.1) is 7.11 Å². The maximum absolute atomic E-state index is 11.8. The number of benzene rings is 1. The number of rotatable bonds is 1. The zero-order valence-corrected chi connectivity index (χ0v) is 13.3. The van der Waals surface area contributed by atoms with Crippen LogP contribution in [0.4, 0.5) is 0 Å². The third-order valence-electron chi connectivity index (χ3n) is 5.17. The van der Waals surface area contributed by atoms with E-state index in [1.165, 1.54) is 0 Å². The van der Waals surface area contributed by atoms with Crippen molar-refractivity contribution in [3.8, 4) is 11.5 Å². The zero-order chi connectivity index (χ0) is 14.8. The monoisotopic (exact) mass is 349 g/mol. The summed E-state index contributed by atoms with van der Waals surface area (Å²) in [5.74, 6) is 0.882. The van der Waals surface area contributed by atoms with Crippen molar-refractivity contribution in [2.24, 2.45) is 0 Å².